The number of carbonyl (C=O) groups excluding carboxylic acids is 2. The van der Waals surface area contributed by atoms with Gasteiger partial charge in [0.15, 0.2) is 0 Å². The highest BCUT2D eigenvalue weighted by Crippen LogP contribution is 2.23. The largest absolute Gasteiger partial charge is 0.480 e. The van der Waals surface area contributed by atoms with E-state index in [1.165, 1.54) is 7.11 Å². The number of carbonyl (C=O) groups is 3. The molecule has 1 aromatic carbocycles. The van der Waals surface area contributed by atoms with Crippen molar-refractivity contribution in [1.82, 2.24) is 5.32 Å². The number of carboxylic acid groups (broad SMARTS) is 1. The zero-order chi connectivity index (χ0) is 15.4. The first-order valence-corrected chi connectivity index (χ1v) is 6.46. The molecule has 1 aromatic rings. The summed E-state index contributed by atoms with van der Waals surface area (Å²) in [7, 11) is 1.46. The van der Waals surface area contributed by atoms with Gasteiger partial charge in [0, 0.05) is 31.4 Å². The summed E-state index contributed by atoms with van der Waals surface area (Å²) in [6.07, 6.45) is 0.408. The second-order valence-corrected chi connectivity index (χ2v) is 4.74. The number of rotatable bonds is 6. The van der Waals surface area contributed by atoms with Crippen LogP contribution < -0.4 is 10.6 Å². The molecule has 1 unspecified atom stereocenters. The van der Waals surface area contributed by atoms with E-state index in [9.17, 15) is 14.4 Å². The summed E-state index contributed by atoms with van der Waals surface area (Å²) in [5, 5.41) is 14.2. The van der Waals surface area contributed by atoms with Gasteiger partial charge in [0.25, 0.3) is 5.91 Å². The number of anilines is 1. The van der Waals surface area contributed by atoms with Crippen LogP contribution in [0.3, 0.4) is 0 Å². The molecule has 1 aliphatic rings. The van der Waals surface area contributed by atoms with Crippen LogP contribution in [0.25, 0.3) is 0 Å². The molecule has 112 valence electrons. The molecular formula is C14H16N2O5. The van der Waals surface area contributed by atoms with Gasteiger partial charge in [-0.3, -0.25) is 9.59 Å². The normalized spacial score (nSPS) is 14.2. The minimum atomic E-state index is -1.11. The van der Waals surface area contributed by atoms with Crippen LogP contribution in [-0.4, -0.2) is 42.6 Å². The first-order chi connectivity index (χ1) is 10.0. The Kier molecular flexibility index (Phi) is 4.54. The SMILES string of the molecule is COCCC(NC(=O)c1ccc2c(c1)CC(=O)N2)C(=O)O. The minimum absolute atomic E-state index is 0.119. The van der Waals surface area contributed by atoms with E-state index < -0.39 is 17.9 Å². The smallest absolute Gasteiger partial charge is 0.326 e. The molecular weight excluding hydrogens is 276 g/mol. The lowest BCUT2D eigenvalue weighted by Gasteiger charge is -2.14. The van der Waals surface area contributed by atoms with E-state index in [0.717, 1.165) is 5.56 Å². The number of carboxylic acids is 1. The first kappa shape index (κ1) is 15.0. The Hall–Kier alpha value is -2.41. The number of benzene rings is 1. The molecule has 0 bridgehead atoms. The number of hydrogen-bond acceptors (Lipinski definition) is 4. The van der Waals surface area contributed by atoms with Gasteiger partial charge in [0.05, 0.1) is 6.42 Å². The number of ether oxygens (including phenoxy) is 1. The Morgan fingerprint density at radius 2 is 2.24 bits per heavy atom. The lowest BCUT2D eigenvalue weighted by atomic mass is 10.1. The Morgan fingerprint density at radius 1 is 1.48 bits per heavy atom. The van der Waals surface area contributed by atoms with Crippen LogP contribution in [0.1, 0.15) is 22.3 Å². The maximum Gasteiger partial charge on any atom is 0.326 e. The molecule has 0 saturated heterocycles. The number of nitrogens with one attached hydrogen (secondary N) is 2. The average Bonchev–Trinajstić information content (AvgIpc) is 2.81. The molecule has 1 atom stereocenters. The van der Waals surface area contributed by atoms with E-state index in [4.69, 9.17) is 9.84 Å². The topological polar surface area (TPSA) is 105 Å². The van der Waals surface area contributed by atoms with Gasteiger partial charge in [0.2, 0.25) is 5.91 Å². The summed E-state index contributed by atoms with van der Waals surface area (Å²) in [6.45, 7) is 0.236. The molecule has 2 amide bonds. The van der Waals surface area contributed by atoms with Crippen LogP contribution in [0.2, 0.25) is 0 Å². The van der Waals surface area contributed by atoms with Gasteiger partial charge >= 0.3 is 5.97 Å². The molecule has 1 aliphatic heterocycles. The van der Waals surface area contributed by atoms with E-state index in [-0.39, 0.29) is 25.4 Å². The predicted octanol–water partition coefficient (Wildman–Crippen LogP) is 0.401. The third kappa shape index (κ3) is 3.57. The Bertz CT molecular complexity index is 585. The fourth-order valence-electron chi connectivity index (χ4n) is 2.11. The standard InChI is InChI=1S/C14H16N2O5/c1-21-5-4-11(14(19)20)16-13(18)8-2-3-10-9(6-8)7-12(17)15-10/h2-3,6,11H,4-5,7H2,1H3,(H,15,17)(H,16,18)(H,19,20). The fraction of sp³-hybridized carbons (Fsp3) is 0.357. The van der Waals surface area contributed by atoms with Crippen LogP contribution in [0.4, 0.5) is 5.69 Å². The fourth-order valence-corrected chi connectivity index (χ4v) is 2.11. The van der Waals surface area contributed by atoms with Crippen LogP contribution in [0, 0.1) is 0 Å². The molecule has 0 radical (unpaired) electrons. The zero-order valence-corrected chi connectivity index (χ0v) is 11.5. The van der Waals surface area contributed by atoms with Crippen molar-refractivity contribution in [3.05, 3.63) is 29.3 Å². The average molecular weight is 292 g/mol. The molecule has 3 N–H and O–H groups in total. The van der Waals surface area contributed by atoms with Gasteiger partial charge in [0.1, 0.15) is 6.04 Å². The van der Waals surface area contributed by atoms with E-state index in [0.29, 0.717) is 11.3 Å². The van der Waals surface area contributed by atoms with E-state index in [1.54, 1.807) is 18.2 Å². The Labute approximate surface area is 121 Å². The predicted molar refractivity (Wildman–Crippen MR) is 74.2 cm³/mol. The summed E-state index contributed by atoms with van der Waals surface area (Å²) in [6, 6.07) is 3.78. The number of fused-ring (bicyclic) bond motifs is 1. The van der Waals surface area contributed by atoms with E-state index in [2.05, 4.69) is 10.6 Å². The van der Waals surface area contributed by atoms with Gasteiger partial charge in [-0.2, -0.15) is 0 Å². The van der Waals surface area contributed by atoms with Crippen molar-refractivity contribution in [1.29, 1.82) is 0 Å². The van der Waals surface area contributed by atoms with Gasteiger partial charge < -0.3 is 20.5 Å². The Morgan fingerprint density at radius 3 is 2.90 bits per heavy atom. The number of amides is 2. The molecule has 1 heterocycles. The molecule has 7 heteroatoms. The summed E-state index contributed by atoms with van der Waals surface area (Å²) in [4.78, 5) is 34.4. The highest BCUT2D eigenvalue weighted by molar-refractivity contribution is 6.02. The monoisotopic (exact) mass is 292 g/mol. The summed E-state index contributed by atoms with van der Waals surface area (Å²) in [5.74, 6) is -1.72. The van der Waals surface area contributed by atoms with Crippen molar-refractivity contribution in [3.8, 4) is 0 Å². The third-order valence-corrected chi connectivity index (χ3v) is 3.21. The molecule has 2 rings (SSSR count). The van der Waals surface area contributed by atoms with E-state index in [1.807, 2.05) is 0 Å². The maximum atomic E-state index is 12.1. The lowest BCUT2D eigenvalue weighted by Crippen LogP contribution is -2.41. The molecule has 0 aromatic heterocycles. The van der Waals surface area contributed by atoms with Gasteiger partial charge in [-0.25, -0.2) is 4.79 Å². The summed E-state index contributed by atoms with van der Waals surface area (Å²) < 4.78 is 4.82. The highest BCUT2D eigenvalue weighted by Gasteiger charge is 2.22. The van der Waals surface area contributed by atoms with Crippen molar-refractivity contribution >= 4 is 23.5 Å². The zero-order valence-electron chi connectivity index (χ0n) is 11.5. The van der Waals surface area contributed by atoms with Crippen molar-refractivity contribution in [3.63, 3.8) is 0 Å². The first-order valence-electron chi connectivity index (χ1n) is 6.46. The van der Waals surface area contributed by atoms with Crippen molar-refractivity contribution < 1.29 is 24.2 Å². The summed E-state index contributed by atoms with van der Waals surface area (Å²) >= 11 is 0. The number of aliphatic carboxylic acids is 1. The van der Waals surface area contributed by atoms with Crippen molar-refractivity contribution in [2.24, 2.45) is 0 Å². The van der Waals surface area contributed by atoms with Gasteiger partial charge in [-0.15, -0.1) is 0 Å². The quantitative estimate of drug-likeness (QED) is 0.704. The molecule has 7 nitrogen and oxygen atoms in total. The van der Waals surface area contributed by atoms with Crippen LogP contribution in [0.5, 0.6) is 0 Å². The number of methoxy groups -OCH3 is 1. The highest BCUT2D eigenvalue weighted by atomic mass is 16.5. The second-order valence-electron chi connectivity index (χ2n) is 4.74. The maximum absolute atomic E-state index is 12.1. The second kappa shape index (κ2) is 6.36. The van der Waals surface area contributed by atoms with Gasteiger partial charge in [-0.1, -0.05) is 0 Å². The lowest BCUT2D eigenvalue weighted by molar-refractivity contribution is -0.139. The van der Waals surface area contributed by atoms with Crippen molar-refractivity contribution in [2.75, 3.05) is 19.0 Å². The summed E-state index contributed by atoms with van der Waals surface area (Å²) in [5.41, 5.74) is 1.75. The van der Waals surface area contributed by atoms with Gasteiger partial charge in [-0.05, 0) is 23.8 Å². The Balaban J connectivity index is 2.07. The molecule has 21 heavy (non-hydrogen) atoms. The molecule has 0 saturated carbocycles. The van der Waals surface area contributed by atoms with Crippen molar-refractivity contribution in [2.45, 2.75) is 18.9 Å². The third-order valence-electron chi connectivity index (χ3n) is 3.21. The molecule has 0 aliphatic carbocycles. The minimum Gasteiger partial charge on any atom is -0.480 e. The van der Waals surface area contributed by atoms with Crippen LogP contribution >= 0.6 is 0 Å². The van der Waals surface area contributed by atoms with Crippen LogP contribution in [-0.2, 0) is 20.7 Å². The van der Waals surface area contributed by atoms with Crippen LogP contribution in [0.15, 0.2) is 18.2 Å². The molecule has 0 fully saturated rings. The molecule has 0 spiro atoms. The van der Waals surface area contributed by atoms with E-state index >= 15 is 0 Å². The number of hydrogen-bond donors (Lipinski definition) is 3.